The van der Waals surface area contributed by atoms with Crippen molar-refractivity contribution in [2.24, 2.45) is 5.41 Å². The first-order valence-corrected chi connectivity index (χ1v) is 8.13. The zero-order valence-electron chi connectivity index (χ0n) is 13.9. The number of rotatable bonds is 2. The number of carbonyl (C=O) groups excluding carboxylic acids is 1. The van der Waals surface area contributed by atoms with Gasteiger partial charge >= 0.3 is 0 Å². The average Bonchev–Trinajstić information content (AvgIpc) is 3.12. The molecular formula is C17H20FN5O. The van der Waals surface area contributed by atoms with Gasteiger partial charge in [-0.2, -0.15) is 0 Å². The predicted molar refractivity (Wildman–Crippen MR) is 86.5 cm³/mol. The van der Waals surface area contributed by atoms with Gasteiger partial charge in [-0.1, -0.05) is 0 Å². The molecule has 2 aromatic rings. The molecule has 6 nitrogen and oxygen atoms in total. The molecule has 2 aliphatic rings. The summed E-state index contributed by atoms with van der Waals surface area (Å²) < 4.78 is 14.6. The van der Waals surface area contributed by atoms with Crippen molar-refractivity contribution in [2.75, 3.05) is 33.2 Å². The van der Waals surface area contributed by atoms with Gasteiger partial charge in [-0.05, 0) is 44.7 Å². The number of hydrogen-bond donors (Lipinski definition) is 0. The van der Waals surface area contributed by atoms with Gasteiger partial charge in [0.25, 0.3) is 5.91 Å². The molecule has 2 saturated heterocycles. The first-order chi connectivity index (χ1) is 11.5. The Morgan fingerprint density at radius 3 is 2.58 bits per heavy atom. The molecule has 0 saturated carbocycles. The van der Waals surface area contributed by atoms with E-state index in [1.165, 1.54) is 12.1 Å². The van der Waals surface area contributed by atoms with Gasteiger partial charge in [0.05, 0.1) is 5.69 Å². The van der Waals surface area contributed by atoms with Crippen LogP contribution in [-0.2, 0) is 0 Å². The summed E-state index contributed by atoms with van der Waals surface area (Å²) in [5.41, 5.74) is 0.956. The van der Waals surface area contributed by atoms with Crippen LogP contribution in [0.15, 0.2) is 24.3 Å². The van der Waals surface area contributed by atoms with Gasteiger partial charge in [0.15, 0.2) is 0 Å². The number of carbonyl (C=O) groups is 1. The zero-order valence-corrected chi connectivity index (χ0v) is 13.9. The van der Waals surface area contributed by atoms with E-state index in [2.05, 4.69) is 22.0 Å². The van der Waals surface area contributed by atoms with E-state index in [9.17, 15) is 9.18 Å². The fourth-order valence-electron chi connectivity index (χ4n) is 3.91. The van der Waals surface area contributed by atoms with Crippen LogP contribution in [-0.4, -0.2) is 63.7 Å². The summed E-state index contributed by atoms with van der Waals surface area (Å²) >= 11 is 0. The molecule has 0 radical (unpaired) electrons. The first kappa shape index (κ1) is 15.3. The number of hydrogen-bond acceptors (Lipinski definition) is 4. The van der Waals surface area contributed by atoms with Crippen LogP contribution in [0.4, 0.5) is 4.39 Å². The number of halogens is 1. The highest BCUT2D eigenvalue weighted by atomic mass is 19.1. The van der Waals surface area contributed by atoms with Gasteiger partial charge < -0.3 is 9.80 Å². The summed E-state index contributed by atoms with van der Waals surface area (Å²) in [5.74, 6) is 0.398. The molecule has 7 heteroatoms. The van der Waals surface area contributed by atoms with E-state index >= 15 is 0 Å². The molecule has 1 amide bonds. The first-order valence-electron chi connectivity index (χ1n) is 8.13. The summed E-state index contributed by atoms with van der Waals surface area (Å²) in [7, 11) is 2.10. The van der Waals surface area contributed by atoms with Gasteiger partial charge in [-0.15, -0.1) is 5.10 Å². The van der Waals surface area contributed by atoms with E-state index in [1.807, 2.05) is 4.90 Å². The van der Waals surface area contributed by atoms with Crippen LogP contribution in [0, 0.1) is 18.2 Å². The Hall–Kier alpha value is -2.28. The third kappa shape index (κ3) is 2.49. The lowest BCUT2D eigenvalue weighted by Crippen LogP contribution is -2.55. The van der Waals surface area contributed by atoms with E-state index in [0.717, 1.165) is 32.6 Å². The number of aromatic nitrogens is 3. The van der Waals surface area contributed by atoms with Gasteiger partial charge in [0, 0.05) is 31.6 Å². The maximum atomic E-state index is 13.1. The fourth-order valence-corrected chi connectivity index (χ4v) is 3.91. The molecular weight excluding hydrogens is 309 g/mol. The highest BCUT2D eigenvalue weighted by molar-refractivity contribution is 5.90. The summed E-state index contributed by atoms with van der Waals surface area (Å²) in [5, 5.41) is 4.34. The minimum Gasteiger partial charge on any atom is -0.335 e. The van der Waals surface area contributed by atoms with Crippen molar-refractivity contribution in [1.29, 1.82) is 0 Å². The fraction of sp³-hybridized carbons (Fsp3) is 0.471. The van der Waals surface area contributed by atoms with Gasteiger partial charge in [-0.3, -0.25) is 4.79 Å². The van der Waals surface area contributed by atoms with Gasteiger partial charge in [0.1, 0.15) is 11.6 Å². The van der Waals surface area contributed by atoms with Crippen molar-refractivity contribution < 1.29 is 9.18 Å². The second-order valence-corrected chi connectivity index (χ2v) is 7.02. The Balaban J connectivity index is 1.54. The molecule has 1 aromatic heterocycles. The Bertz CT molecular complexity index is 779. The molecule has 1 aromatic carbocycles. The van der Waals surface area contributed by atoms with Crippen LogP contribution in [0.5, 0.6) is 0 Å². The van der Waals surface area contributed by atoms with E-state index < -0.39 is 0 Å². The van der Waals surface area contributed by atoms with Crippen LogP contribution in [0.1, 0.15) is 22.9 Å². The molecule has 0 bridgehead atoms. The Morgan fingerprint density at radius 2 is 1.92 bits per heavy atom. The summed E-state index contributed by atoms with van der Waals surface area (Å²) in [4.78, 5) is 21.2. The van der Waals surface area contributed by atoms with E-state index in [1.54, 1.807) is 23.7 Å². The van der Waals surface area contributed by atoms with Crippen molar-refractivity contribution in [3.8, 4) is 5.69 Å². The number of nitrogens with zero attached hydrogens (tertiary/aromatic N) is 5. The SMILES string of the molecule is Cc1nc(C(=O)N2CCC3(CN(C)C3)C2)nn1-c1ccc(F)cc1. The van der Waals surface area contributed by atoms with Gasteiger partial charge in [0.2, 0.25) is 5.82 Å². The lowest BCUT2D eigenvalue weighted by molar-refractivity contribution is 0.0291. The van der Waals surface area contributed by atoms with Crippen molar-refractivity contribution in [1.82, 2.24) is 24.6 Å². The maximum Gasteiger partial charge on any atom is 0.293 e. The molecule has 0 N–H and O–H groups in total. The quantitative estimate of drug-likeness (QED) is 0.838. The van der Waals surface area contributed by atoms with Gasteiger partial charge in [-0.25, -0.2) is 14.1 Å². The largest absolute Gasteiger partial charge is 0.335 e. The standard InChI is InChI=1S/C17H20FN5O/c1-12-19-15(20-23(12)14-5-3-13(18)4-6-14)16(24)22-8-7-17(11-22)9-21(2)10-17/h3-6H,7-11H2,1-2H3. The smallest absolute Gasteiger partial charge is 0.293 e. The molecule has 2 fully saturated rings. The van der Waals surface area contributed by atoms with Crippen LogP contribution >= 0.6 is 0 Å². The van der Waals surface area contributed by atoms with E-state index in [0.29, 0.717) is 11.5 Å². The van der Waals surface area contributed by atoms with Crippen LogP contribution in [0.3, 0.4) is 0 Å². The third-order valence-corrected chi connectivity index (χ3v) is 4.97. The monoisotopic (exact) mass is 329 g/mol. The van der Waals surface area contributed by atoms with Crippen LogP contribution < -0.4 is 0 Å². The highest BCUT2D eigenvalue weighted by Gasteiger charge is 2.47. The molecule has 126 valence electrons. The number of benzene rings is 1. The lowest BCUT2D eigenvalue weighted by Gasteiger charge is -2.46. The Labute approximate surface area is 139 Å². The molecule has 3 heterocycles. The third-order valence-electron chi connectivity index (χ3n) is 4.97. The van der Waals surface area contributed by atoms with Crippen molar-refractivity contribution in [3.05, 3.63) is 41.7 Å². The molecule has 0 unspecified atom stereocenters. The Kier molecular flexibility index (Phi) is 3.42. The van der Waals surface area contributed by atoms with E-state index in [-0.39, 0.29) is 23.0 Å². The summed E-state index contributed by atoms with van der Waals surface area (Å²) in [6, 6.07) is 5.99. The van der Waals surface area contributed by atoms with Crippen LogP contribution in [0.2, 0.25) is 0 Å². The number of likely N-dealkylation sites (tertiary alicyclic amines) is 2. The normalized spacial score (nSPS) is 19.7. The Morgan fingerprint density at radius 1 is 1.21 bits per heavy atom. The number of aryl methyl sites for hydroxylation is 1. The minimum absolute atomic E-state index is 0.120. The predicted octanol–water partition coefficient (Wildman–Crippen LogP) is 1.49. The molecule has 24 heavy (non-hydrogen) atoms. The average molecular weight is 329 g/mol. The molecule has 4 rings (SSSR count). The zero-order chi connectivity index (χ0) is 16.9. The second kappa shape index (κ2) is 5.37. The summed E-state index contributed by atoms with van der Waals surface area (Å²) in [6.07, 6.45) is 1.04. The molecule has 0 atom stereocenters. The van der Waals surface area contributed by atoms with Crippen molar-refractivity contribution >= 4 is 5.91 Å². The van der Waals surface area contributed by atoms with E-state index in [4.69, 9.17) is 0 Å². The maximum absolute atomic E-state index is 13.1. The lowest BCUT2D eigenvalue weighted by atomic mass is 9.79. The van der Waals surface area contributed by atoms with Crippen LogP contribution in [0.25, 0.3) is 5.69 Å². The highest BCUT2D eigenvalue weighted by Crippen LogP contribution is 2.38. The molecule has 1 spiro atoms. The summed E-state index contributed by atoms with van der Waals surface area (Å²) in [6.45, 7) is 5.43. The minimum atomic E-state index is -0.305. The second-order valence-electron chi connectivity index (χ2n) is 7.02. The molecule has 2 aliphatic heterocycles. The molecule has 0 aliphatic carbocycles. The van der Waals surface area contributed by atoms with Crippen molar-refractivity contribution in [3.63, 3.8) is 0 Å². The topological polar surface area (TPSA) is 54.3 Å². The van der Waals surface area contributed by atoms with Crippen molar-refractivity contribution in [2.45, 2.75) is 13.3 Å². The number of amides is 1.